The number of nitrogens with one attached hydrogen (secondary N) is 1. The molecule has 0 unspecified atom stereocenters. The zero-order valence-electron chi connectivity index (χ0n) is 8.56. The van der Waals surface area contributed by atoms with E-state index in [1.54, 1.807) is 6.92 Å². The van der Waals surface area contributed by atoms with E-state index in [9.17, 15) is 9.59 Å². The van der Waals surface area contributed by atoms with Crippen LogP contribution in [0.15, 0.2) is 0 Å². The topological polar surface area (TPSA) is 46.2 Å². The van der Waals surface area contributed by atoms with Gasteiger partial charge < -0.3 is 10.1 Å². The Morgan fingerprint density at radius 3 is 2.15 bits per heavy atom. The predicted octanol–water partition coefficient (Wildman–Crippen LogP) is 1.66. The maximum atomic E-state index is 10.6. The van der Waals surface area contributed by atoms with Crippen LogP contribution in [0.4, 0.5) is 0 Å². The number of carbonyl (C=O) groups is 2. The number of hydrogen-bond donors (Lipinski definition) is 1. The summed E-state index contributed by atoms with van der Waals surface area (Å²) in [6.45, 7) is 3.91. The second kappa shape index (κ2) is 7.77. The fraction of sp³-hybridized carbons (Fsp3) is 0.800. The lowest BCUT2D eigenvalue weighted by atomic mass is 10.1. The molecule has 0 atom stereocenters. The van der Waals surface area contributed by atoms with Crippen molar-refractivity contribution in [2.75, 3.05) is 6.54 Å². The van der Waals surface area contributed by atoms with Crippen LogP contribution >= 0.6 is 0 Å². The fourth-order valence-electron chi connectivity index (χ4n) is 1.12. The predicted molar refractivity (Wildman–Crippen MR) is 52.4 cm³/mol. The Balaban J connectivity index is 3.00. The summed E-state index contributed by atoms with van der Waals surface area (Å²) >= 11 is 0. The van der Waals surface area contributed by atoms with Crippen molar-refractivity contribution in [2.24, 2.45) is 0 Å². The molecule has 0 saturated carbocycles. The number of amides is 1. The third-order valence-corrected chi connectivity index (χ3v) is 1.83. The van der Waals surface area contributed by atoms with E-state index in [0.29, 0.717) is 6.42 Å². The summed E-state index contributed by atoms with van der Waals surface area (Å²) in [6, 6.07) is 0. The number of ketones is 1. The molecule has 3 heteroatoms. The zero-order chi connectivity index (χ0) is 10.1. The van der Waals surface area contributed by atoms with Crippen LogP contribution in [0, 0.1) is 0 Å². The van der Waals surface area contributed by atoms with Gasteiger partial charge in [0.25, 0.3) is 0 Å². The van der Waals surface area contributed by atoms with E-state index < -0.39 is 0 Å². The molecule has 0 aromatic rings. The van der Waals surface area contributed by atoms with E-state index in [1.807, 2.05) is 0 Å². The van der Waals surface area contributed by atoms with Crippen molar-refractivity contribution < 1.29 is 9.59 Å². The van der Waals surface area contributed by atoms with E-state index in [1.165, 1.54) is 6.92 Å². The van der Waals surface area contributed by atoms with Crippen LogP contribution in [0.25, 0.3) is 0 Å². The molecule has 0 heterocycles. The minimum Gasteiger partial charge on any atom is -0.356 e. The minimum atomic E-state index is 0.0312. The van der Waals surface area contributed by atoms with Crippen LogP contribution in [-0.2, 0) is 9.59 Å². The van der Waals surface area contributed by atoms with Crippen molar-refractivity contribution in [3.05, 3.63) is 0 Å². The van der Waals surface area contributed by atoms with Crippen LogP contribution < -0.4 is 5.32 Å². The first kappa shape index (κ1) is 12.1. The Morgan fingerprint density at radius 1 is 1.00 bits per heavy atom. The Hall–Kier alpha value is -0.860. The summed E-state index contributed by atoms with van der Waals surface area (Å²) < 4.78 is 0. The van der Waals surface area contributed by atoms with E-state index in [-0.39, 0.29) is 11.7 Å². The Kier molecular flexibility index (Phi) is 7.26. The molecule has 0 saturated heterocycles. The molecule has 0 aliphatic rings. The van der Waals surface area contributed by atoms with Gasteiger partial charge in [-0.3, -0.25) is 4.79 Å². The first-order valence-electron chi connectivity index (χ1n) is 4.87. The van der Waals surface area contributed by atoms with Gasteiger partial charge in [-0.05, 0) is 19.8 Å². The van der Waals surface area contributed by atoms with Gasteiger partial charge in [-0.15, -0.1) is 0 Å². The molecule has 0 aromatic carbocycles. The maximum Gasteiger partial charge on any atom is 0.216 e. The fourth-order valence-corrected chi connectivity index (χ4v) is 1.12. The summed E-state index contributed by atoms with van der Waals surface area (Å²) in [5.74, 6) is 0.297. The second-order valence-electron chi connectivity index (χ2n) is 3.35. The number of rotatable bonds is 7. The third kappa shape index (κ3) is 11.1. The highest BCUT2D eigenvalue weighted by Crippen LogP contribution is 2.02. The Bertz CT molecular complexity index is 148. The highest BCUT2D eigenvalue weighted by atomic mass is 16.1. The van der Waals surface area contributed by atoms with Crippen LogP contribution in [0.1, 0.15) is 46.0 Å². The molecule has 3 nitrogen and oxygen atoms in total. The molecule has 13 heavy (non-hydrogen) atoms. The Labute approximate surface area is 79.9 Å². The van der Waals surface area contributed by atoms with Gasteiger partial charge in [0, 0.05) is 19.9 Å². The average Bonchev–Trinajstić information content (AvgIpc) is 2.01. The highest BCUT2D eigenvalue weighted by Gasteiger charge is 1.94. The summed E-state index contributed by atoms with van der Waals surface area (Å²) in [4.78, 5) is 21.0. The van der Waals surface area contributed by atoms with Gasteiger partial charge in [-0.2, -0.15) is 0 Å². The highest BCUT2D eigenvalue weighted by molar-refractivity contribution is 5.75. The quantitative estimate of drug-likeness (QED) is 0.613. The second-order valence-corrected chi connectivity index (χ2v) is 3.35. The molecule has 0 spiro atoms. The number of carbonyl (C=O) groups excluding carboxylic acids is 2. The first-order chi connectivity index (χ1) is 6.13. The molecule has 0 aliphatic heterocycles. The summed E-state index contributed by atoms with van der Waals surface area (Å²) in [5, 5.41) is 2.74. The Morgan fingerprint density at radius 2 is 1.62 bits per heavy atom. The SMILES string of the molecule is CC(=O)CCCCCCNC(C)=O. The largest absolute Gasteiger partial charge is 0.356 e. The molecule has 1 amide bonds. The van der Waals surface area contributed by atoms with Gasteiger partial charge in [0.15, 0.2) is 0 Å². The van der Waals surface area contributed by atoms with Crippen molar-refractivity contribution in [1.29, 1.82) is 0 Å². The number of unbranched alkanes of at least 4 members (excludes halogenated alkanes) is 3. The monoisotopic (exact) mass is 185 g/mol. The van der Waals surface area contributed by atoms with Gasteiger partial charge >= 0.3 is 0 Å². The minimum absolute atomic E-state index is 0.0312. The standard InChI is InChI=1S/C10H19NO2/c1-9(12)7-5-3-4-6-8-11-10(2)13/h3-8H2,1-2H3,(H,11,13). The van der Waals surface area contributed by atoms with Gasteiger partial charge in [-0.1, -0.05) is 12.8 Å². The summed E-state index contributed by atoms with van der Waals surface area (Å²) in [5.41, 5.74) is 0. The van der Waals surface area contributed by atoms with Crippen molar-refractivity contribution in [3.63, 3.8) is 0 Å². The van der Waals surface area contributed by atoms with Crippen molar-refractivity contribution >= 4 is 11.7 Å². The normalized spacial score (nSPS) is 9.69. The molecule has 0 fully saturated rings. The first-order valence-corrected chi connectivity index (χ1v) is 4.87. The van der Waals surface area contributed by atoms with E-state index in [4.69, 9.17) is 0 Å². The van der Waals surface area contributed by atoms with Crippen LogP contribution in [0.2, 0.25) is 0 Å². The lowest BCUT2D eigenvalue weighted by molar-refractivity contribution is -0.119. The number of hydrogen-bond acceptors (Lipinski definition) is 2. The molecule has 0 aliphatic carbocycles. The van der Waals surface area contributed by atoms with Gasteiger partial charge in [0.2, 0.25) is 5.91 Å². The van der Waals surface area contributed by atoms with Crippen LogP contribution in [0.5, 0.6) is 0 Å². The van der Waals surface area contributed by atoms with Crippen LogP contribution in [0.3, 0.4) is 0 Å². The molecular formula is C10H19NO2. The lowest BCUT2D eigenvalue weighted by Gasteiger charge is -2.01. The van der Waals surface area contributed by atoms with Gasteiger partial charge in [0.05, 0.1) is 0 Å². The molecular weight excluding hydrogens is 166 g/mol. The molecule has 1 N–H and O–H groups in total. The molecule has 76 valence electrons. The summed E-state index contributed by atoms with van der Waals surface area (Å²) in [7, 11) is 0. The summed E-state index contributed by atoms with van der Waals surface area (Å²) in [6.07, 6.45) is 4.86. The third-order valence-electron chi connectivity index (χ3n) is 1.83. The van der Waals surface area contributed by atoms with Crippen molar-refractivity contribution in [1.82, 2.24) is 5.32 Å². The molecule has 0 radical (unpaired) electrons. The van der Waals surface area contributed by atoms with Gasteiger partial charge in [0.1, 0.15) is 5.78 Å². The molecule has 0 rings (SSSR count). The lowest BCUT2D eigenvalue weighted by Crippen LogP contribution is -2.20. The van der Waals surface area contributed by atoms with Crippen molar-refractivity contribution in [3.8, 4) is 0 Å². The zero-order valence-corrected chi connectivity index (χ0v) is 8.56. The molecule has 0 bridgehead atoms. The number of Topliss-reactive ketones (excluding diaryl/α,β-unsaturated/α-hetero) is 1. The van der Waals surface area contributed by atoms with Gasteiger partial charge in [-0.25, -0.2) is 0 Å². The average molecular weight is 185 g/mol. The van der Waals surface area contributed by atoms with Crippen molar-refractivity contribution in [2.45, 2.75) is 46.0 Å². The smallest absolute Gasteiger partial charge is 0.216 e. The van der Waals surface area contributed by atoms with Crippen LogP contribution in [-0.4, -0.2) is 18.2 Å². The maximum absolute atomic E-state index is 10.6. The van der Waals surface area contributed by atoms with E-state index in [0.717, 1.165) is 32.2 Å². The van der Waals surface area contributed by atoms with E-state index >= 15 is 0 Å². The molecule has 0 aromatic heterocycles. The van der Waals surface area contributed by atoms with E-state index in [2.05, 4.69) is 5.32 Å².